The van der Waals surface area contributed by atoms with Crippen LogP contribution in [-0.2, 0) is 0 Å². The summed E-state index contributed by atoms with van der Waals surface area (Å²) in [6, 6.07) is 14.0. The molecule has 2 aromatic rings. The van der Waals surface area contributed by atoms with Crippen LogP contribution in [0.25, 0.3) is 11.1 Å². The number of nitrogens with zero attached hydrogens (tertiary/aromatic N) is 2. The van der Waals surface area contributed by atoms with Crippen LogP contribution in [-0.4, -0.2) is 43.1 Å². The molecule has 0 saturated carbocycles. The zero-order chi connectivity index (χ0) is 17.6. The summed E-state index contributed by atoms with van der Waals surface area (Å²) in [5.41, 5.74) is 4.74. The molecule has 0 atom stereocenters. The summed E-state index contributed by atoms with van der Waals surface area (Å²) in [6.07, 6.45) is 4.72. The van der Waals surface area contributed by atoms with Crippen LogP contribution in [0.5, 0.6) is 5.75 Å². The van der Waals surface area contributed by atoms with Crippen LogP contribution in [0.15, 0.2) is 47.6 Å². The van der Waals surface area contributed by atoms with E-state index in [2.05, 4.69) is 36.3 Å². The molecular weight excluding hydrogens is 312 g/mol. The molecule has 4 nitrogen and oxygen atoms in total. The van der Waals surface area contributed by atoms with Gasteiger partial charge in [-0.1, -0.05) is 42.3 Å². The number of benzene rings is 2. The molecule has 0 unspecified atom stereocenters. The molecule has 4 heteroatoms. The molecule has 0 amide bonds. The van der Waals surface area contributed by atoms with E-state index in [4.69, 9.17) is 4.74 Å². The van der Waals surface area contributed by atoms with Crippen LogP contribution in [0.1, 0.15) is 36.8 Å². The van der Waals surface area contributed by atoms with Gasteiger partial charge in [-0.05, 0) is 62.8 Å². The molecule has 0 aromatic heterocycles. The maximum atomic E-state index is 9.43. The minimum atomic E-state index is 0.625. The van der Waals surface area contributed by atoms with Crippen molar-refractivity contribution in [3.8, 4) is 16.9 Å². The Morgan fingerprint density at radius 1 is 0.880 bits per heavy atom. The number of oxime groups is 1. The van der Waals surface area contributed by atoms with Crippen molar-refractivity contribution in [2.75, 3.05) is 27.2 Å². The summed E-state index contributed by atoms with van der Waals surface area (Å²) in [5, 5.41) is 12.9. The molecular formula is C21H26N2O2. The fraction of sp³-hybridized carbons (Fsp3) is 0.381. The van der Waals surface area contributed by atoms with Gasteiger partial charge in [0.2, 0.25) is 0 Å². The van der Waals surface area contributed by atoms with Crippen LogP contribution in [0.3, 0.4) is 0 Å². The molecule has 1 aliphatic carbocycles. The lowest BCUT2D eigenvalue weighted by Gasteiger charge is -2.10. The summed E-state index contributed by atoms with van der Waals surface area (Å²) in [4.78, 5) is 2.22. The molecule has 0 heterocycles. The third-order valence-electron chi connectivity index (χ3n) is 4.59. The first-order valence-electron chi connectivity index (χ1n) is 8.94. The maximum absolute atomic E-state index is 9.43. The molecule has 1 aliphatic rings. The van der Waals surface area contributed by atoms with E-state index in [9.17, 15) is 5.21 Å². The van der Waals surface area contributed by atoms with Crippen LogP contribution in [0.2, 0.25) is 0 Å². The van der Waals surface area contributed by atoms with Crippen LogP contribution < -0.4 is 4.74 Å². The molecule has 0 saturated heterocycles. The van der Waals surface area contributed by atoms with Crippen molar-refractivity contribution < 1.29 is 9.94 Å². The second-order valence-electron chi connectivity index (χ2n) is 6.77. The van der Waals surface area contributed by atoms with Gasteiger partial charge in [-0.3, -0.25) is 0 Å². The van der Waals surface area contributed by atoms with E-state index in [-0.39, 0.29) is 0 Å². The Morgan fingerprint density at radius 3 is 2.36 bits per heavy atom. The predicted molar refractivity (Wildman–Crippen MR) is 102 cm³/mol. The normalized spacial score (nSPS) is 14.0. The van der Waals surface area contributed by atoms with Gasteiger partial charge in [0, 0.05) is 11.1 Å². The summed E-state index contributed by atoms with van der Waals surface area (Å²) < 4.78 is 5.90. The van der Waals surface area contributed by atoms with Crippen molar-refractivity contribution in [3.63, 3.8) is 0 Å². The highest BCUT2D eigenvalue weighted by molar-refractivity contribution is 6.24. The fourth-order valence-corrected chi connectivity index (χ4v) is 3.29. The SMILES string of the molecule is CN(C)CCCCCCOc1ccc2c(c1)/C(=N/O)c1ccccc1-2. The van der Waals surface area contributed by atoms with Crippen molar-refractivity contribution in [1.82, 2.24) is 4.90 Å². The maximum Gasteiger partial charge on any atom is 0.120 e. The standard InChI is InChI=1S/C21H26N2O2/c1-23(2)13-7-3-4-8-14-25-16-11-12-18-17-9-5-6-10-19(17)21(22-24)20(18)15-16/h5-6,9-12,15,24H,3-4,7-8,13-14H2,1-2H3/b22-21+. The highest BCUT2D eigenvalue weighted by Gasteiger charge is 2.25. The average molecular weight is 338 g/mol. The first-order valence-corrected chi connectivity index (χ1v) is 8.94. The molecule has 1 N–H and O–H groups in total. The van der Waals surface area contributed by atoms with Gasteiger partial charge in [0.05, 0.1) is 6.61 Å². The Balaban J connectivity index is 1.57. The van der Waals surface area contributed by atoms with E-state index in [1.807, 2.05) is 30.3 Å². The van der Waals surface area contributed by atoms with E-state index >= 15 is 0 Å². The number of rotatable bonds is 8. The van der Waals surface area contributed by atoms with Crippen molar-refractivity contribution >= 4 is 5.71 Å². The highest BCUT2D eigenvalue weighted by atomic mass is 16.5. The Labute approximate surface area is 149 Å². The van der Waals surface area contributed by atoms with Crippen molar-refractivity contribution in [1.29, 1.82) is 0 Å². The Bertz CT molecular complexity index is 753. The summed E-state index contributed by atoms with van der Waals surface area (Å²) in [5.74, 6) is 0.834. The number of hydrogen-bond acceptors (Lipinski definition) is 4. The summed E-state index contributed by atoms with van der Waals surface area (Å²) in [7, 11) is 4.22. The molecule has 132 valence electrons. The topological polar surface area (TPSA) is 45.1 Å². The second-order valence-corrected chi connectivity index (χ2v) is 6.77. The molecule has 0 aliphatic heterocycles. The number of hydrogen-bond donors (Lipinski definition) is 1. The van der Waals surface area contributed by atoms with Gasteiger partial charge in [0.1, 0.15) is 11.5 Å². The van der Waals surface area contributed by atoms with E-state index in [0.29, 0.717) is 5.71 Å². The minimum Gasteiger partial charge on any atom is -0.494 e. The Hall–Kier alpha value is -2.33. The zero-order valence-corrected chi connectivity index (χ0v) is 15.0. The van der Waals surface area contributed by atoms with E-state index in [1.165, 1.54) is 19.3 Å². The number of fused-ring (bicyclic) bond motifs is 3. The smallest absolute Gasteiger partial charge is 0.120 e. The summed E-state index contributed by atoms with van der Waals surface area (Å²) >= 11 is 0. The lowest BCUT2D eigenvalue weighted by Crippen LogP contribution is -2.12. The molecule has 25 heavy (non-hydrogen) atoms. The third kappa shape index (κ3) is 4.02. The largest absolute Gasteiger partial charge is 0.494 e. The van der Waals surface area contributed by atoms with Gasteiger partial charge >= 0.3 is 0 Å². The Morgan fingerprint density at radius 2 is 1.60 bits per heavy atom. The minimum absolute atomic E-state index is 0.625. The van der Waals surface area contributed by atoms with Gasteiger partial charge in [-0.2, -0.15) is 0 Å². The molecule has 0 radical (unpaired) electrons. The molecule has 2 aromatic carbocycles. The van der Waals surface area contributed by atoms with Crippen LogP contribution >= 0.6 is 0 Å². The predicted octanol–water partition coefficient (Wildman–Crippen LogP) is 4.39. The first-order chi connectivity index (χ1) is 12.2. The molecule has 0 fully saturated rings. The zero-order valence-electron chi connectivity index (χ0n) is 15.0. The van der Waals surface area contributed by atoms with E-state index < -0.39 is 0 Å². The van der Waals surface area contributed by atoms with E-state index in [1.54, 1.807) is 0 Å². The average Bonchev–Trinajstić information content (AvgIpc) is 2.93. The second kappa shape index (κ2) is 8.17. The lowest BCUT2D eigenvalue weighted by atomic mass is 10.1. The van der Waals surface area contributed by atoms with Crippen molar-refractivity contribution in [2.45, 2.75) is 25.7 Å². The van der Waals surface area contributed by atoms with Crippen molar-refractivity contribution in [3.05, 3.63) is 53.6 Å². The lowest BCUT2D eigenvalue weighted by molar-refractivity contribution is 0.302. The highest BCUT2D eigenvalue weighted by Crippen LogP contribution is 2.38. The molecule has 0 bridgehead atoms. The van der Waals surface area contributed by atoms with Gasteiger partial charge in [0.25, 0.3) is 0 Å². The van der Waals surface area contributed by atoms with Gasteiger partial charge < -0.3 is 14.8 Å². The molecule has 3 rings (SSSR count). The van der Waals surface area contributed by atoms with E-state index in [0.717, 1.165) is 47.6 Å². The quantitative estimate of drug-likeness (QED) is 0.376. The van der Waals surface area contributed by atoms with Gasteiger partial charge in [-0.25, -0.2) is 0 Å². The van der Waals surface area contributed by atoms with Gasteiger partial charge in [0.15, 0.2) is 0 Å². The third-order valence-corrected chi connectivity index (χ3v) is 4.59. The fourth-order valence-electron chi connectivity index (χ4n) is 3.29. The summed E-state index contributed by atoms with van der Waals surface area (Å²) in [6.45, 7) is 1.87. The van der Waals surface area contributed by atoms with Gasteiger partial charge in [-0.15, -0.1) is 0 Å². The monoisotopic (exact) mass is 338 g/mol. The van der Waals surface area contributed by atoms with Crippen LogP contribution in [0.4, 0.5) is 0 Å². The number of unbranched alkanes of at least 4 members (excludes halogenated alkanes) is 3. The number of ether oxygens (including phenoxy) is 1. The first kappa shape index (κ1) is 17.5. The Kier molecular flexibility index (Phi) is 5.71. The van der Waals surface area contributed by atoms with Crippen molar-refractivity contribution in [2.24, 2.45) is 5.16 Å². The molecule has 0 spiro atoms. The van der Waals surface area contributed by atoms with Crippen LogP contribution in [0, 0.1) is 0 Å².